The van der Waals surface area contributed by atoms with Gasteiger partial charge in [0.15, 0.2) is 0 Å². The number of hydrogen-bond donors (Lipinski definition) is 3. The van der Waals surface area contributed by atoms with E-state index >= 15 is 0 Å². The maximum absolute atomic E-state index is 12.8. The molecule has 2 fully saturated rings. The van der Waals surface area contributed by atoms with Gasteiger partial charge in [-0.1, -0.05) is 20.8 Å². The fraction of sp³-hybridized carbons (Fsp3) is 0.765. The number of urea groups is 1. The summed E-state index contributed by atoms with van der Waals surface area (Å²) in [5.74, 6) is -1.75. The summed E-state index contributed by atoms with van der Waals surface area (Å²) in [4.78, 5) is 48.5. The summed E-state index contributed by atoms with van der Waals surface area (Å²) in [5, 5.41) is 13.8. The molecule has 0 aromatic carbocycles. The van der Waals surface area contributed by atoms with E-state index in [1.54, 1.807) is 0 Å². The van der Waals surface area contributed by atoms with Gasteiger partial charge in [0.2, 0.25) is 5.91 Å². The first kappa shape index (κ1) is 19.2. The van der Waals surface area contributed by atoms with Gasteiger partial charge in [-0.25, -0.2) is 4.79 Å². The highest BCUT2D eigenvalue weighted by Crippen LogP contribution is 2.43. The number of amides is 4. The minimum atomic E-state index is -1.18. The second-order valence-electron chi connectivity index (χ2n) is 8.17. The van der Waals surface area contributed by atoms with Crippen LogP contribution in [-0.4, -0.2) is 51.9 Å². The quantitative estimate of drug-likeness (QED) is 0.655. The van der Waals surface area contributed by atoms with Gasteiger partial charge in [0.25, 0.3) is 5.91 Å². The Morgan fingerprint density at radius 3 is 2.36 bits per heavy atom. The SMILES string of the molecule is CC(NC(=O)CN1C(=O)NC2(CCC(C(C)(C)C)CC2)C1=O)C(=O)O. The van der Waals surface area contributed by atoms with E-state index in [1.165, 1.54) is 6.92 Å². The first-order valence-electron chi connectivity index (χ1n) is 8.62. The standard InChI is InChI=1S/C17H27N3O5/c1-10(13(22)23)18-12(21)9-20-14(24)17(19-15(20)25)7-5-11(6-8-17)16(2,3)4/h10-11H,5-9H2,1-4H3,(H,18,21)(H,19,25)(H,22,23). The van der Waals surface area contributed by atoms with E-state index < -0.39 is 36.0 Å². The second-order valence-corrected chi connectivity index (χ2v) is 8.17. The van der Waals surface area contributed by atoms with Gasteiger partial charge in [-0.15, -0.1) is 0 Å². The minimum Gasteiger partial charge on any atom is -0.480 e. The van der Waals surface area contributed by atoms with Crippen LogP contribution < -0.4 is 10.6 Å². The molecule has 4 amide bonds. The van der Waals surface area contributed by atoms with Crippen LogP contribution in [0.2, 0.25) is 0 Å². The van der Waals surface area contributed by atoms with Crippen molar-refractivity contribution < 1.29 is 24.3 Å². The zero-order valence-corrected chi connectivity index (χ0v) is 15.2. The average Bonchev–Trinajstić information content (AvgIpc) is 2.71. The lowest BCUT2D eigenvalue weighted by molar-refractivity contribution is -0.141. The maximum Gasteiger partial charge on any atom is 0.325 e. The first-order valence-corrected chi connectivity index (χ1v) is 8.62. The Morgan fingerprint density at radius 1 is 1.32 bits per heavy atom. The number of imide groups is 1. The molecule has 2 aliphatic rings. The predicted molar refractivity (Wildman–Crippen MR) is 89.6 cm³/mol. The van der Waals surface area contributed by atoms with E-state index in [-0.39, 0.29) is 11.3 Å². The van der Waals surface area contributed by atoms with Crippen molar-refractivity contribution in [3.63, 3.8) is 0 Å². The molecule has 0 radical (unpaired) electrons. The van der Waals surface area contributed by atoms with Crippen molar-refractivity contribution in [2.75, 3.05) is 6.54 Å². The molecule has 1 aliphatic heterocycles. The van der Waals surface area contributed by atoms with Crippen LogP contribution >= 0.6 is 0 Å². The third-order valence-electron chi connectivity index (χ3n) is 5.36. The molecule has 0 aromatic rings. The monoisotopic (exact) mass is 353 g/mol. The normalized spacial score (nSPS) is 28.0. The van der Waals surface area contributed by atoms with E-state index in [1.807, 2.05) is 0 Å². The topological polar surface area (TPSA) is 116 Å². The summed E-state index contributed by atoms with van der Waals surface area (Å²) in [5.41, 5.74) is -0.767. The molecule has 1 saturated heterocycles. The molecule has 3 N–H and O–H groups in total. The third kappa shape index (κ3) is 3.93. The van der Waals surface area contributed by atoms with Crippen LogP contribution in [0.25, 0.3) is 0 Å². The van der Waals surface area contributed by atoms with E-state index in [2.05, 4.69) is 31.4 Å². The van der Waals surface area contributed by atoms with E-state index in [9.17, 15) is 19.2 Å². The van der Waals surface area contributed by atoms with Gasteiger partial charge in [-0.05, 0) is 43.9 Å². The highest BCUT2D eigenvalue weighted by molar-refractivity contribution is 6.09. The van der Waals surface area contributed by atoms with Crippen molar-refractivity contribution in [1.82, 2.24) is 15.5 Å². The molecule has 1 spiro atoms. The van der Waals surface area contributed by atoms with Crippen molar-refractivity contribution in [3.05, 3.63) is 0 Å². The van der Waals surface area contributed by atoms with Crippen molar-refractivity contribution in [3.8, 4) is 0 Å². The molecule has 0 aromatic heterocycles. The molecule has 0 bridgehead atoms. The van der Waals surface area contributed by atoms with Gasteiger partial charge < -0.3 is 15.7 Å². The number of carbonyl (C=O) groups is 4. The van der Waals surface area contributed by atoms with Crippen molar-refractivity contribution in [1.29, 1.82) is 0 Å². The lowest BCUT2D eigenvalue weighted by Gasteiger charge is -2.40. The number of aliphatic carboxylic acids is 1. The van der Waals surface area contributed by atoms with Crippen molar-refractivity contribution in [2.24, 2.45) is 11.3 Å². The van der Waals surface area contributed by atoms with Crippen LogP contribution in [-0.2, 0) is 14.4 Å². The summed E-state index contributed by atoms with van der Waals surface area (Å²) < 4.78 is 0. The van der Waals surface area contributed by atoms with Gasteiger partial charge in [0.1, 0.15) is 18.1 Å². The lowest BCUT2D eigenvalue weighted by atomic mass is 9.67. The number of nitrogens with zero attached hydrogens (tertiary/aromatic N) is 1. The summed E-state index contributed by atoms with van der Waals surface area (Å²) in [6, 6.07) is -1.67. The molecule has 1 unspecified atom stereocenters. The third-order valence-corrected chi connectivity index (χ3v) is 5.36. The Balaban J connectivity index is 2.01. The number of rotatable bonds is 4. The number of carboxylic acids is 1. The molecule has 1 atom stereocenters. The van der Waals surface area contributed by atoms with E-state index in [0.29, 0.717) is 18.8 Å². The van der Waals surface area contributed by atoms with E-state index in [4.69, 9.17) is 5.11 Å². The van der Waals surface area contributed by atoms with Crippen molar-refractivity contribution >= 4 is 23.8 Å². The Kier molecular flexibility index (Phi) is 5.11. The van der Waals surface area contributed by atoms with Crippen LogP contribution in [0, 0.1) is 11.3 Å². The molecule has 140 valence electrons. The first-order chi connectivity index (χ1) is 11.5. The lowest BCUT2D eigenvalue weighted by Crippen LogP contribution is -2.51. The van der Waals surface area contributed by atoms with Gasteiger partial charge in [-0.3, -0.25) is 19.3 Å². The van der Waals surface area contributed by atoms with E-state index in [0.717, 1.165) is 17.7 Å². The fourth-order valence-corrected chi connectivity index (χ4v) is 3.63. The van der Waals surface area contributed by atoms with Gasteiger partial charge >= 0.3 is 12.0 Å². The Bertz CT molecular complexity index is 588. The molecule has 8 heteroatoms. The number of carboxylic acid groups (broad SMARTS) is 1. The molecule has 25 heavy (non-hydrogen) atoms. The highest BCUT2D eigenvalue weighted by atomic mass is 16.4. The largest absolute Gasteiger partial charge is 0.480 e. The molecule has 8 nitrogen and oxygen atoms in total. The number of carbonyl (C=O) groups excluding carboxylic acids is 3. The Labute approximate surface area is 147 Å². The summed E-state index contributed by atoms with van der Waals surface area (Å²) >= 11 is 0. The Morgan fingerprint density at radius 2 is 1.88 bits per heavy atom. The Hall–Kier alpha value is -2.12. The number of hydrogen-bond acceptors (Lipinski definition) is 4. The molecular weight excluding hydrogens is 326 g/mol. The summed E-state index contributed by atoms with van der Waals surface area (Å²) in [6.45, 7) is 7.37. The highest BCUT2D eigenvalue weighted by Gasteiger charge is 2.53. The van der Waals surface area contributed by atoms with Gasteiger partial charge in [-0.2, -0.15) is 0 Å². The predicted octanol–water partition coefficient (Wildman–Crippen LogP) is 1.10. The van der Waals surface area contributed by atoms with Gasteiger partial charge in [0, 0.05) is 0 Å². The summed E-state index contributed by atoms with van der Waals surface area (Å²) in [6.07, 6.45) is 2.80. The molecule has 1 aliphatic carbocycles. The number of nitrogens with one attached hydrogen (secondary N) is 2. The fourth-order valence-electron chi connectivity index (χ4n) is 3.63. The minimum absolute atomic E-state index is 0.153. The van der Waals surface area contributed by atoms with Crippen LogP contribution in [0.3, 0.4) is 0 Å². The van der Waals surface area contributed by atoms with Crippen LogP contribution in [0.4, 0.5) is 4.79 Å². The van der Waals surface area contributed by atoms with Crippen molar-refractivity contribution in [2.45, 2.75) is 65.0 Å². The molecule has 1 heterocycles. The molecule has 2 rings (SSSR count). The second kappa shape index (κ2) is 6.65. The summed E-state index contributed by atoms with van der Waals surface area (Å²) in [7, 11) is 0. The van der Waals surface area contributed by atoms with Gasteiger partial charge in [0.05, 0.1) is 0 Å². The zero-order chi connectivity index (χ0) is 19.0. The molecule has 1 saturated carbocycles. The van der Waals surface area contributed by atoms with Crippen LogP contribution in [0.15, 0.2) is 0 Å². The molecular formula is C17H27N3O5. The smallest absolute Gasteiger partial charge is 0.325 e. The zero-order valence-electron chi connectivity index (χ0n) is 15.2. The maximum atomic E-state index is 12.8. The van der Waals surface area contributed by atoms with Crippen LogP contribution in [0.1, 0.15) is 53.4 Å². The average molecular weight is 353 g/mol. The van der Waals surface area contributed by atoms with Crippen LogP contribution in [0.5, 0.6) is 0 Å².